The fourth-order valence-electron chi connectivity index (χ4n) is 1.02. The first-order chi connectivity index (χ1) is 7.38. The van der Waals surface area contributed by atoms with Crippen LogP contribution in [0, 0.1) is 0 Å². The van der Waals surface area contributed by atoms with Gasteiger partial charge in [-0.3, -0.25) is 9.89 Å². The molecule has 0 fully saturated rings. The second kappa shape index (κ2) is 4.94. The van der Waals surface area contributed by atoms with Gasteiger partial charge in [-0.1, -0.05) is 0 Å². The molecule has 0 aliphatic heterocycles. The summed E-state index contributed by atoms with van der Waals surface area (Å²) in [5.41, 5.74) is 5.54. The molecule has 0 saturated carbocycles. The number of aromatic nitrogens is 2. The Hall–Kier alpha value is -1.61. The zero-order valence-electron chi connectivity index (χ0n) is 8.43. The molecular weight excluding hydrogens is 234 g/mol. The van der Waals surface area contributed by atoms with Crippen LogP contribution in [-0.4, -0.2) is 36.8 Å². The lowest BCUT2D eigenvalue weighted by molar-refractivity contribution is 0.0948. The molecule has 1 aromatic heterocycles. The number of rotatable bonds is 5. The third-order valence-corrected chi connectivity index (χ3v) is 2.59. The molecule has 0 aliphatic rings. The van der Waals surface area contributed by atoms with Gasteiger partial charge in [0.2, 0.25) is 10.0 Å². The summed E-state index contributed by atoms with van der Waals surface area (Å²) in [5.74, 6) is -0.341. The van der Waals surface area contributed by atoms with E-state index < -0.39 is 15.9 Å². The van der Waals surface area contributed by atoms with Crippen molar-refractivity contribution in [1.29, 1.82) is 0 Å². The van der Waals surface area contributed by atoms with Crippen LogP contribution in [0.5, 0.6) is 0 Å². The van der Waals surface area contributed by atoms with Gasteiger partial charge >= 0.3 is 0 Å². The molecule has 16 heavy (non-hydrogen) atoms. The first-order valence-corrected chi connectivity index (χ1v) is 6.19. The molecule has 8 nitrogen and oxygen atoms in total. The van der Waals surface area contributed by atoms with Crippen molar-refractivity contribution in [3.05, 3.63) is 11.8 Å². The van der Waals surface area contributed by atoms with E-state index in [4.69, 9.17) is 10.9 Å². The Morgan fingerprint density at radius 2 is 2.25 bits per heavy atom. The molecule has 9 heteroatoms. The van der Waals surface area contributed by atoms with Crippen LogP contribution in [0.4, 0.5) is 5.82 Å². The van der Waals surface area contributed by atoms with Gasteiger partial charge in [0.25, 0.3) is 5.91 Å². The number of carbonyl (C=O) groups excluding carboxylic acids is 1. The Morgan fingerprint density at radius 3 is 2.75 bits per heavy atom. The van der Waals surface area contributed by atoms with Crippen molar-refractivity contribution in [3.63, 3.8) is 0 Å². The van der Waals surface area contributed by atoms with Crippen LogP contribution >= 0.6 is 0 Å². The molecule has 0 spiro atoms. The van der Waals surface area contributed by atoms with Crippen molar-refractivity contribution >= 4 is 21.7 Å². The average Bonchev–Trinajstić information content (AvgIpc) is 2.57. The summed E-state index contributed by atoms with van der Waals surface area (Å²) >= 11 is 0. The number of nitrogens with two attached hydrogens (primary N) is 2. The van der Waals surface area contributed by atoms with Gasteiger partial charge in [-0.05, 0) is 6.42 Å². The Morgan fingerprint density at radius 1 is 1.56 bits per heavy atom. The summed E-state index contributed by atoms with van der Waals surface area (Å²) in [6.45, 7) is 0.216. The molecule has 1 aromatic rings. The number of carbonyl (C=O) groups is 1. The van der Waals surface area contributed by atoms with Crippen LogP contribution in [0.2, 0.25) is 0 Å². The predicted molar refractivity (Wildman–Crippen MR) is 57.9 cm³/mol. The third-order valence-electron chi connectivity index (χ3n) is 1.73. The van der Waals surface area contributed by atoms with Crippen LogP contribution in [0.3, 0.4) is 0 Å². The minimum atomic E-state index is -3.47. The molecule has 0 bridgehead atoms. The molecular formula is C7H13N5O3S. The Kier molecular flexibility index (Phi) is 3.85. The van der Waals surface area contributed by atoms with Gasteiger partial charge in [-0.15, -0.1) is 0 Å². The minimum Gasteiger partial charge on any atom is -0.382 e. The summed E-state index contributed by atoms with van der Waals surface area (Å²) in [6, 6.07) is 1.38. The summed E-state index contributed by atoms with van der Waals surface area (Å²) in [7, 11) is -3.47. The first-order valence-electron chi connectivity index (χ1n) is 4.48. The van der Waals surface area contributed by atoms with Gasteiger partial charge in [-0.2, -0.15) is 5.10 Å². The Bertz CT molecular complexity index is 466. The fraction of sp³-hybridized carbons (Fsp3) is 0.429. The van der Waals surface area contributed by atoms with Gasteiger partial charge in [0.1, 0.15) is 11.5 Å². The van der Waals surface area contributed by atoms with E-state index in [1.54, 1.807) is 0 Å². The third kappa shape index (κ3) is 4.28. The van der Waals surface area contributed by atoms with Crippen LogP contribution in [0.25, 0.3) is 0 Å². The van der Waals surface area contributed by atoms with E-state index in [9.17, 15) is 13.2 Å². The van der Waals surface area contributed by atoms with Crippen LogP contribution in [-0.2, 0) is 10.0 Å². The zero-order valence-corrected chi connectivity index (χ0v) is 9.25. The van der Waals surface area contributed by atoms with Crippen LogP contribution in [0.1, 0.15) is 16.9 Å². The SMILES string of the molecule is Nc1cc(C(=O)NCCCS(N)(=O)=O)[nH]n1. The Labute approximate surface area is 92.4 Å². The van der Waals surface area contributed by atoms with Crippen LogP contribution < -0.4 is 16.2 Å². The molecule has 6 N–H and O–H groups in total. The highest BCUT2D eigenvalue weighted by Gasteiger charge is 2.08. The lowest BCUT2D eigenvalue weighted by Gasteiger charge is -2.02. The van der Waals surface area contributed by atoms with Crippen molar-refractivity contribution in [3.8, 4) is 0 Å². The van der Waals surface area contributed by atoms with Gasteiger partial charge < -0.3 is 11.1 Å². The molecule has 0 saturated heterocycles. The number of nitrogens with one attached hydrogen (secondary N) is 2. The lowest BCUT2D eigenvalue weighted by Crippen LogP contribution is -2.27. The first kappa shape index (κ1) is 12.5. The lowest BCUT2D eigenvalue weighted by atomic mass is 10.4. The summed E-state index contributed by atoms with van der Waals surface area (Å²) in [6.07, 6.45) is 0.258. The molecule has 0 unspecified atom stereocenters. The summed E-state index contributed by atoms with van der Waals surface area (Å²) in [5, 5.41) is 13.3. The summed E-state index contributed by atoms with van der Waals surface area (Å²) < 4.78 is 21.2. The fourth-order valence-corrected chi connectivity index (χ4v) is 1.57. The number of hydrogen-bond acceptors (Lipinski definition) is 5. The molecule has 0 atom stereocenters. The topological polar surface area (TPSA) is 144 Å². The van der Waals surface area contributed by atoms with E-state index in [-0.39, 0.29) is 30.2 Å². The van der Waals surface area contributed by atoms with Gasteiger partial charge in [-0.25, -0.2) is 13.6 Å². The van der Waals surface area contributed by atoms with Crippen LogP contribution in [0.15, 0.2) is 6.07 Å². The van der Waals surface area contributed by atoms with Gasteiger partial charge in [0.15, 0.2) is 0 Å². The maximum absolute atomic E-state index is 11.4. The van der Waals surface area contributed by atoms with Crippen molar-refractivity contribution in [2.24, 2.45) is 5.14 Å². The summed E-state index contributed by atoms with van der Waals surface area (Å²) in [4.78, 5) is 11.4. The molecule has 0 aliphatic carbocycles. The average molecular weight is 247 g/mol. The number of nitrogens with zero attached hydrogens (tertiary/aromatic N) is 1. The number of H-pyrrole nitrogens is 1. The largest absolute Gasteiger partial charge is 0.382 e. The number of amides is 1. The second-order valence-electron chi connectivity index (χ2n) is 3.18. The quantitative estimate of drug-likeness (QED) is 0.463. The van der Waals surface area contributed by atoms with E-state index in [1.165, 1.54) is 6.07 Å². The molecule has 0 aromatic carbocycles. The van der Waals surface area contributed by atoms with E-state index in [1.807, 2.05) is 0 Å². The standard InChI is InChI=1S/C7H13N5O3S/c8-6-4-5(11-12-6)7(13)10-2-1-3-16(9,14)15/h4H,1-3H2,(H,10,13)(H3,8,11,12)(H2,9,14,15). The smallest absolute Gasteiger partial charge is 0.269 e. The monoisotopic (exact) mass is 247 g/mol. The van der Waals surface area contributed by atoms with Gasteiger partial charge in [0.05, 0.1) is 5.75 Å². The van der Waals surface area contributed by atoms with E-state index in [0.29, 0.717) is 0 Å². The maximum atomic E-state index is 11.4. The number of sulfonamides is 1. The zero-order chi connectivity index (χ0) is 12.2. The van der Waals surface area contributed by atoms with Gasteiger partial charge in [0, 0.05) is 12.6 Å². The van der Waals surface area contributed by atoms with E-state index in [2.05, 4.69) is 15.5 Å². The number of primary sulfonamides is 1. The molecule has 1 heterocycles. The number of nitrogen functional groups attached to an aromatic ring is 1. The highest BCUT2D eigenvalue weighted by Crippen LogP contribution is 1.99. The maximum Gasteiger partial charge on any atom is 0.269 e. The number of anilines is 1. The molecule has 90 valence electrons. The highest BCUT2D eigenvalue weighted by atomic mass is 32.2. The van der Waals surface area contributed by atoms with Crippen molar-refractivity contribution < 1.29 is 13.2 Å². The normalized spacial score (nSPS) is 11.3. The molecule has 1 rings (SSSR count). The number of aromatic amines is 1. The number of hydrogen-bond donors (Lipinski definition) is 4. The predicted octanol–water partition coefficient (Wildman–Crippen LogP) is -1.60. The second-order valence-corrected chi connectivity index (χ2v) is 4.92. The molecule has 0 radical (unpaired) electrons. The van der Waals surface area contributed by atoms with E-state index >= 15 is 0 Å². The Balaban J connectivity index is 2.31. The van der Waals surface area contributed by atoms with E-state index in [0.717, 1.165) is 0 Å². The minimum absolute atomic E-state index is 0.168. The van der Waals surface area contributed by atoms with Crippen molar-refractivity contribution in [2.75, 3.05) is 18.0 Å². The highest BCUT2D eigenvalue weighted by molar-refractivity contribution is 7.89. The van der Waals surface area contributed by atoms with Crippen molar-refractivity contribution in [2.45, 2.75) is 6.42 Å². The molecule has 1 amide bonds. The van der Waals surface area contributed by atoms with Crippen molar-refractivity contribution in [1.82, 2.24) is 15.5 Å².